The first-order chi connectivity index (χ1) is 17.4. The number of carboxylic acid groups (broad SMARTS) is 2. The van der Waals surface area contributed by atoms with Crippen molar-refractivity contribution in [3.05, 3.63) is 30.1 Å². The van der Waals surface area contributed by atoms with Crippen LogP contribution in [0.3, 0.4) is 0 Å². The number of rotatable bonds is 9. The zero-order valence-corrected chi connectivity index (χ0v) is 21.1. The molecule has 0 aliphatic heterocycles. The molecule has 2 aromatic rings. The van der Waals surface area contributed by atoms with Crippen molar-refractivity contribution in [1.29, 1.82) is 0 Å². The number of nitrogens with two attached hydrogens (primary N) is 1. The van der Waals surface area contributed by atoms with Gasteiger partial charge in [0.2, 0.25) is 5.91 Å². The van der Waals surface area contributed by atoms with E-state index in [0.717, 1.165) is 23.3 Å². The minimum absolute atomic E-state index is 0.0313. The van der Waals surface area contributed by atoms with Crippen LogP contribution in [0, 0.1) is 5.92 Å². The Kier molecular flexibility index (Phi) is 14.7. The first-order valence-corrected chi connectivity index (χ1v) is 11.5. The zero-order chi connectivity index (χ0) is 29.7. The van der Waals surface area contributed by atoms with Gasteiger partial charge in [-0.2, -0.15) is 39.0 Å². The van der Waals surface area contributed by atoms with Crippen molar-refractivity contribution in [3.63, 3.8) is 0 Å². The number of alkyl halides is 6. The second kappa shape index (κ2) is 16.0. The Balaban J connectivity index is 0.000000804. The summed E-state index contributed by atoms with van der Waals surface area (Å²) in [6.07, 6.45) is -9.26. The van der Waals surface area contributed by atoms with E-state index in [0.29, 0.717) is 18.8 Å². The van der Waals surface area contributed by atoms with E-state index in [4.69, 9.17) is 25.5 Å². The van der Waals surface area contributed by atoms with Gasteiger partial charge in [0.1, 0.15) is 5.82 Å². The average Bonchev–Trinajstić information content (AvgIpc) is 3.25. The summed E-state index contributed by atoms with van der Waals surface area (Å²) in [6, 6.07) is 7.47. The number of benzene rings is 1. The van der Waals surface area contributed by atoms with Crippen molar-refractivity contribution >= 4 is 41.5 Å². The van der Waals surface area contributed by atoms with Crippen molar-refractivity contribution in [2.24, 2.45) is 11.7 Å². The molecule has 0 saturated heterocycles. The molecule has 0 aliphatic rings. The Morgan fingerprint density at radius 2 is 1.58 bits per heavy atom. The van der Waals surface area contributed by atoms with Gasteiger partial charge in [0.15, 0.2) is 0 Å². The van der Waals surface area contributed by atoms with E-state index in [1.54, 1.807) is 0 Å². The lowest BCUT2D eigenvalue weighted by Gasteiger charge is -2.24. The Morgan fingerprint density at radius 3 is 2.00 bits per heavy atom. The van der Waals surface area contributed by atoms with Gasteiger partial charge in [-0.15, -0.1) is 0 Å². The number of aromatic nitrogens is 2. The van der Waals surface area contributed by atoms with Crippen LogP contribution in [0.4, 0.5) is 26.3 Å². The molecule has 0 spiro atoms. The van der Waals surface area contributed by atoms with Crippen molar-refractivity contribution in [1.82, 2.24) is 20.6 Å². The van der Waals surface area contributed by atoms with E-state index in [2.05, 4.69) is 47.1 Å². The number of H-pyrrole nitrogens is 1. The van der Waals surface area contributed by atoms with E-state index in [9.17, 15) is 31.1 Å². The van der Waals surface area contributed by atoms with Crippen LogP contribution in [0.2, 0.25) is 0 Å². The summed E-state index contributed by atoms with van der Waals surface area (Å²) in [4.78, 5) is 38.0. The molecule has 1 amide bonds. The molecule has 0 fully saturated rings. The van der Waals surface area contributed by atoms with Crippen LogP contribution in [0.15, 0.2) is 24.3 Å². The average molecular weight is 578 g/mol. The Hall–Kier alpha value is -3.05. The predicted octanol–water partition coefficient (Wildman–Crippen LogP) is 2.71. The predicted molar refractivity (Wildman–Crippen MR) is 128 cm³/mol. The quantitative estimate of drug-likeness (QED) is 0.176. The molecule has 3 atom stereocenters. The number of aromatic amines is 1. The van der Waals surface area contributed by atoms with Crippen LogP contribution >= 0.6 is 12.6 Å². The summed E-state index contributed by atoms with van der Waals surface area (Å²) in [5.41, 5.74) is 7.76. The summed E-state index contributed by atoms with van der Waals surface area (Å²) in [6.45, 7) is 5.08. The van der Waals surface area contributed by atoms with E-state index in [1.807, 2.05) is 24.3 Å². The van der Waals surface area contributed by atoms with Crippen LogP contribution in [-0.4, -0.2) is 74.8 Å². The topological polar surface area (TPSA) is 170 Å². The maximum atomic E-state index is 12.6. The summed E-state index contributed by atoms with van der Waals surface area (Å²) < 4.78 is 63.5. The zero-order valence-electron chi connectivity index (χ0n) is 20.2. The number of imidazole rings is 1. The van der Waals surface area contributed by atoms with Gasteiger partial charge in [-0.25, -0.2) is 14.6 Å². The largest absolute Gasteiger partial charge is 0.490 e. The first kappa shape index (κ1) is 35.0. The molecule has 7 N–H and O–H groups in total. The fourth-order valence-electron chi connectivity index (χ4n) is 2.50. The van der Waals surface area contributed by atoms with Crippen LogP contribution in [0.25, 0.3) is 11.0 Å². The SMILES string of the molecule is CC[C@H](C)[C@H](NC[C@@H](N)CS)C(=O)NCc1nc2ccccc2[nH]1.O=C(O)C(F)(F)F.O=C(O)C(F)(F)F. The second-order valence-electron chi connectivity index (χ2n) is 7.74. The minimum atomic E-state index is -5.08. The maximum Gasteiger partial charge on any atom is 0.490 e. The standard InChI is InChI=1S/C17H27N5OS.2C2HF3O2/c1-3-11(2)16(19-8-12(18)10-24)17(23)20-9-15-21-13-6-4-5-7-14(13)22-15;2*3-2(4,5)1(6)7/h4-7,11-12,16,19,24H,3,8-10,18H2,1-2H3,(H,20,23)(H,21,22);2*(H,6,7)/t11-,12+,16-;;/m0../s1. The molecule has 216 valence electrons. The first-order valence-electron chi connectivity index (χ1n) is 10.8. The lowest BCUT2D eigenvalue weighted by molar-refractivity contribution is -0.193. The number of thiol groups is 1. The maximum absolute atomic E-state index is 12.6. The third kappa shape index (κ3) is 13.5. The third-order valence-electron chi connectivity index (χ3n) is 4.68. The fourth-order valence-corrected chi connectivity index (χ4v) is 2.63. The number of amides is 1. The van der Waals surface area contributed by atoms with Gasteiger partial charge < -0.3 is 31.6 Å². The number of carboxylic acids is 2. The summed E-state index contributed by atoms with van der Waals surface area (Å²) in [5.74, 6) is -4.00. The number of para-hydroxylation sites is 2. The summed E-state index contributed by atoms with van der Waals surface area (Å²) >= 11 is 4.18. The van der Waals surface area contributed by atoms with Crippen molar-refractivity contribution in [3.8, 4) is 0 Å². The Labute approximate surface area is 218 Å². The van der Waals surface area contributed by atoms with Crippen LogP contribution in [-0.2, 0) is 20.9 Å². The summed E-state index contributed by atoms with van der Waals surface area (Å²) in [5, 5.41) is 20.5. The molecule has 38 heavy (non-hydrogen) atoms. The molecule has 10 nitrogen and oxygen atoms in total. The molecular formula is C21H29F6N5O5S. The van der Waals surface area contributed by atoms with Crippen LogP contribution in [0.1, 0.15) is 26.1 Å². The lowest BCUT2D eigenvalue weighted by atomic mass is 9.98. The van der Waals surface area contributed by atoms with Gasteiger partial charge in [-0.3, -0.25) is 4.79 Å². The molecule has 0 saturated carbocycles. The third-order valence-corrected chi connectivity index (χ3v) is 5.15. The molecule has 1 aromatic carbocycles. The van der Waals surface area contributed by atoms with Gasteiger partial charge in [0.05, 0.1) is 23.6 Å². The lowest BCUT2D eigenvalue weighted by Crippen LogP contribution is -2.51. The molecular weight excluding hydrogens is 548 g/mol. The van der Waals surface area contributed by atoms with E-state index < -0.39 is 24.3 Å². The molecule has 0 radical (unpaired) electrons. The fraction of sp³-hybridized carbons (Fsp3) is 0.524. The second-order valence-corrected chi connectivity index (χ2v) is 8.10. The highest BCUT2D eigenvalue weighted by Crippen LogP contribution is 2.14. The highest BCUT2D eigenvalue weighted by molar-refractivity contribution is 7.80. The number of fused-ring (bicyclic) bond motifs is 1. The minimum Gasteiger partial charge on any atom is -0.475 e. The Bertz CT molecular complexity index is 977. The van der Waals surface area contributed by atoms with Gasteiger partial charge in [0, 0.05) is 18.3 Å². The monoisotopic (exact) mass is 577 g/mol. The molecule has 1 heterocycles. The van der Waals surface area contributed by atoms with Crippen LogP contribution in [0.5, 0.6) is 0 Å². The number of carbonyl (C=O) groups is 3. The number of carbonyl (C=O) groups excluding carboxylic acids is 1. The van der Waals surface area contributed by atoms with Crippen molar-refractivity contribution in [2.75, 3.05) is 12.3 Å². The van der Waals surface area contributed by atoms with Gasteiger partial charge in [-0.05, 0) is 18.1 Å². The van der Waals surface area contributed by atoms with E-state index in [1.165, 1.54) is 0 Å². The van der Waals surface area contributed by atoms with E-state index >= 15 is 0 Å². The number of halogens is 6. The Morgan fingerprint density at radius 1 is 1.08 bits per heavy atom. The smallest absolute Gasteiger partial charge is 0.475 e. The molecule has 17 heteroatoms. The number of nitrogens with one attached hydrogen (secondary N) is 3. The van der Waals surface area contributed by atoms with Crippen LogP contribution < -0.4 is 16.4 Å². The number of hydrogen-bond donors (Lipinski definition) is 7. The van der Waals surface area contributed by atoms with Gasteiger partial charge in [-0.1, -0.05) is 32.4 Å². The molecule has 0 unspecified atom stereocenters. The molecule has 0 aliphatic carbocycles. The van der Waals surface area contributed by atoms with Crippen molar-refractivity contribution in [2.45, 2.75) is 51.2 Å². The molecule has 0 bridgehead atoms. The summed E-state index contributed by atoms with van der Waals surface area (Å²) in [7, 11) is 0. The number of hydrogen-bond acceptors (Lipinski definition) is 7. The molecule has 2 rings (SSSR count). The van der Waals surface area contributed by atoms with Gasteiger partial charge in [0.25, 0.3) is 0 Å². The normalized spacial score (nSPS) is 13.7. The van der Waals surface area contributed by atoms with Gasteiger partial charge >= 0.3 is 24.3 Å². The highest BCUT2D eigenvalue weighted by Gasteiger charge is 2.38. The van der Waals surface area contributed by atoms with Crippen molar-refractivity contribution < 1.29 is 50.9 Å². The number of aliphatic carboxylic acids is 2. The molecule has 1 aromatic heterocycles. The highest BCUT2D eigenvalue weighted by atomic mass is 32.1. The number of nitrogens with zero attached hydrogens (tertiary/aromatic N) is 1. The van der Waals surface area contributed by atoms with E-state index in [-0.39, 0.29) is 23.9 Å².